The molecule has 1 aromatic heterocycles. The minimum absolute atomic E-state index is 0.210. The number of nitrogens with one attached hydrogen (secondary N) is 6. The van der Waals surface area contributed by atoms with Crippen LogP contribution in [-0.2, 0) is 109 Å². The third kappa shape index (κ3) is 25.2. The molecule has 9 saturated heterocycles. The lowest BCUT2D eigenvalue weighted by Gasteiger charge is -2.52. The van der Waals surface area contributed by atoms with Gasteiger partial charge in [0.25, 0.3) is 0 Å². The Hall–Kier alpha value is -5.50. The van der Waals surface area contributed by atoms with Crippen LogP contribution < -0.4 is 31.9 Å². The van der Waals surface area contributed by atoms with Gasteiger partial charge in [0, 0.05) is 47.4 Å². The zero-order valence-corrected chi connectivity index (χ0v) is 71.3. The molecule has 0 bridgehead atoms. The van der Waals surface area contributed by atoms with Crippen LogP contribution in [0.15, 0.2) is 24.4 Å². The van der Waals surface area contributed by atoms with Crippen molar-refractivity contribution in [1.82, 2.24) is 31.6 Å². The molecule has 0 spiro atoms. The average molecular weight is 1920 g/mol. The molecule has 10 heterocycles. The zero-order chi connectivity index (χ0) is 97.0. The third-order valence-corrected chi connectivity index (χ3v) is 23.5. The van der Waals surface area contributed by atoms with Crippen LogP contribution in [0.5, 0.6) is 0 Å². The van der Waals surface area contributed by atoms with Gasteiger partial charge >= 0.3 is 0 Å². The highest BCUT2D eigenvalue weighted by Crippen LogP contribution is 2.42. The summed E-state index contributed by atoms with van der Waals surface area (Å²) in [4.78, 5) is 69.8. The van der Waals surface area contributed by atoms with Crippen molar-refractivity contribution in [2.24, 2.45) is 0 Å². The second-order valence-corrected chi connectivity index (χ2v) is 32.9. The van der Waals surface area contributed by atoms with Crippen molar-refractivity contribution in [2.45, 2.75) is 335 Å². The molecule has 57 heteroatoms. The highest BCUT2D eigenvalue weighted by atomic mass is 16.8. The number of carbonyl (C=O) groups excluding carboxylic acids is 5. The fourth-order valence-electron chi connectivity index (χ4n) is 16.6. The molecule has 9 fully saturated rings. The molecule has 758 valence electrons. The first-order chi connectivity index (χ1) is 62.6. The number of rotatable bonds is 39. The van der Waals surface area contributed by atoms with Gasteiger partial charge in [-0.15, -0.1) is 0 Å². The van der Waals surface area contributed by atoms with Crippen molar-refractivity contribution in [1.29, 1.82) is 0 Å². The summed E-state index contributed by atoms with van der Waals surface area (Å²) in [5, 5.41) is 321. The Morgan fingerprint density at radius 2 is 0.659 bits per heavy atom. The van der Waals surface area contributed by atoms with Crippen LogP contribution in [0.25, 0.3) is 0 Å². The van der Waals surface area contributed by atoms with E-state index in [1.165, 1.54) is 12.3 Å². The lowest BCUT2D eigenvalue weighted by Crippen LogP contribution is -2.71. The maximum absolute atomic E-state index is 13.5. The van der Waals surface area contributed by atoms with Crippen molar-refractivity contribution in [3.63, 3.8) is 0 Å². The zero-order valence-electron chi connectivity index (χ0n) is 71.3. The van der Waals surface area contributed by atoms with E-state index in [0.717, 1.165) is 34.6 Å². The molecule has 33 N–H and O–H groups in total. The lowest BCUT2D eigenvalue weighted by atomic mass is 9.93. The Kier molecular flexibility index (Phi) is 40.2. The molecule has 0 aromatic carbocycles. The van der Waals surface area contributed by atoms with Gasteiger partial charge in [-0.2, -0.15) is 0 Å². The van der Waals surface area contributed by atoms with Crippen LogP contribution in [0.3, 0.4) is 0 Å². The fourth-order valence-corrected chi connectivity index (χ4v) is 16.6. The van der Waals surface area contributed by atoms with Crippen LogP contribution in [0.4, 0.5) is 5.82 Å². The quantitative estimate of drug-likeness (QED) is 0.0291. The molecule has 10 rings (SSSR count). The van der Waals surface area contributed by atoms with Gasteiger partial charge in [-0.25, -0.2) is 4.98 Å². The molecule has 132 heavy (non-hydrogen) atoms. The fraction of sp³-hybridized carbons (Fsp3) is 0.867. The van der Waals surface area contributed by atoms with E-state index < -0.39 is 396 Å². The minimum Gasteiger partial charge on any atom is -0.394 e. The SMILES string of the molecule is CC(=O)N[C@H]1[C@H](O[C@@H]([C@H](O)[C@H](CNc2ccccn2)NC(C)=O)[C@H](O)CO)O[C@H](CO)[C@@H](O[C@@H]2O[C@H](CO[C@H]3O[C@H](CO)[C@@H](O)[C@H](O)[C@@H]3O[C@@H]3O[C@H](CO)[C@@H](O[C@@H]4O[C@H](CO)[C@H](O)[C@H](O)[C@H]4O)[C@H](O)[C@H]3NC(C)=O)[C@@H](O[C@@H]3O[C@H](CO)[C@@H](O)[C@H](O)[C@H]3NC(C)=O)[C@H](O[C@H]3O[C@H](CO)[C@@H](O)[C@H](O)[C@@H]3O[C@@H]3O[C@H](CO)[C@@H](O[C@@H]4O[C@H](CO)[C@H](O)[C@H](O)[C@H]4O)[C@H](O)[C@H]3NC(C)=O)[C@@H]2O)[C@@H]1O. The van der Waals surface area contributed by atoms with E-state index in [9.17, 15) is 162 Å². The number of nitrogens with zero attached hydrogens (tertiary/aromatic N) is 1. The molecule has 0 unspecified atom stereocenters. The minimum atomic E-state index is -2.80. The highest BCUT2D eigenvalue weighted by Gasteiger charge is 2.62. The average Bonchev–Trinajstić information content (AvgIpc) is 0.759. The van der Waals surface area contributed by atoms with Crippen LogP contribution in [-0.4, -0.2) is 545 Å². The van der Waals surface area contributed by atoms with Crippen LogP contribution in [0.2, 0.25) is 0 Å². The molecule has 9 aliphatic heterocycles. The molecule has 5 amide bonds. The van der Waals surface area contributed by atoms with Gasteiger partial charge in [0.05, 0.1) is 72.1 Å². The number of ether oxygens (including phenoxy) is 18. The maximum Gasteiger partial charge on any atom is 0.217 e. The lowest BCUT2D eigenvalue weighted by molar-refractivity contribution is -0.408. The van der Waals surface area contributed by atoms with Gasteiger partial charge in [-0.05, 0) is 12.1 Å². The standard InChI is InChI=1S/C75H123N7O50/c1-21(92)78-26(10-77-37-8-6-7-9-76-37)42(98)59(27(97)11-83)125-68-39(80-23(3)94)49(105)62(35(19-91)121-68)128-73-58(114)64(130-75-66(55(111)47(103)32(16-88)120-75)132-70-41(82-25(5)96)51(107)61(34(18-90)123-70)127-72-57(113)53(109)45(101)30(14-86)118-72)63(129-67-38(79-22(2)93)48(104)43(99)28(12-84)116-67)36(124-73)20-115-74-65(54(110)46(102)31(15-87)119-74)131-69-40(81-24(4)95)50(106)60(33(17-89)122-69)126-71-56(112)52(108)44(100)29(13-85)117-71/h6-9,26-36,38-75,83-91,97-114H,10-20H2,1-5H3,(H,76,77)(H,78,92)(H,79,93)(H,80,94)(H,81,95)(H,82,96)/t26-,27+,28+,29+,30+,31+,32+,33+,34+,35+,36+,38+,39+,40+,41+,42+,43+,44-,45-,46+,47+,48+,49+,50+,51+,52-,53-,54-,55-,56+,57+,58-,59+,60+,61+,62+,63+,64+,65-,66-,67-,68-,69-,70-,71-,72-,73-,74-,75+/m0/s1. The number of hydrogen-bond acceptors (Lipinski definition) is 52. The van der Waals surface area contributed by atoms with E-state index in [0.29, 0.717) is 0 Å². The number of carbonyl (C=O) groups is 5. The predicted molar refractivity (Wildman–Crippen MR) is 416 cm³/mol. The van der Waals surface area contributed by atoms with Gasteiger partial charge in [0.1, 0.15) is 244 Å². The van der Waals surface area contributed by atoms with E-state index >= 15 is 0 Å². The van der Waals surface area contributed by atoms with E-state index in [1.807, 2.05) is 0 Å². The van der Waals surface area contributed by atoms with Crippen molar-refractivity contribution < 1.29 is 247 Å². The summed E-state index contributed by atoms with van der Waals surface area (Å²) < 4.78 is 111. The first kappa shape index (κ1) is 109. The Bertz CT molecular complexity index is 3730. The summed E-state index contributed by atoms with van der Waals surface area (Å²) in [5.74, 6) is -4.59. The number of anilines is 1. The van der Waals surface area contributed by atoms with Crippen molar-refractivity contribution in [3.05, 3.63) is 24.4 Å². The molecule has 0 aliphatic carbocycles. The number of aliphatic hydroxyl groups is 27. The molecular weight excluding hydrogens is 1800 g/mol. The highest BCUT2D eigenvalue weighted by molar-refractivity contribution is 5.75. The Morgan fingerprint density at radius 3 is 1.05 bits per heavy atom. The first-order valence-corrected chi connectivity index (χ1v) is 42.1. The van der Waals surface area contributed by atoms with E-state index in [4.69, 9.17) is 85.3 Å². The summed E-state index contributed by atoms with van der Waals surface area (Å²) in [7, 11) is 0. The largest absolute Gasteiger partial charge is 0.394 e. The molecule has 49 atom stereocenters. The number of aliphatic hydroxyl groups excluding tert-OH is 27. The number of pyridine rings is 1. The second kappa shape index (κ2) is 48.9. The normalized spacial score (nSPS) is 44.2. The summed E-state index contributed by atoms with van der Waals surface area (Å²) >= 11 is 0. The van der Waals surface area contributed by atoms with Crippen molar-refractivity contribution >= 4 is 35.4 Å². The Balaban J connectivity index is 1.09. The van der Waals surface area contributed by atoms with Gasteiger partial charge < -0.3 is 255 Å². The van der Waals surface area contributed by atoms with Gasteiger partial charge in [-0.1, -0.05) is 6.07 Å². The van der Waals surface area contributed by atoms with E-state index in [-0.39, 0.29) is 12.4 Å². The molecular formula is C75H123N7O50. The van der Waals surface area contributed by atoms with E-state index in [1.54, 1.807) is 12.1 Å². The molecule has 0 saturated carbocycles. The summed E-state index contributed by atoms with van der Waals surface area (Å²) in [6.45, 7) is -7.70. The monoisotopic (exact) mass is 1920 g/mol. The molecule has 0 radical (unpaired) electrons. The second-order valence-electron chi connectivity index (χ2n) is 32.9. The topological polar surface area (TPSA) is 883 Å². The van der Waals surface area contributed by atoms with Crippen LogP contribution in [0.1, 0.15) is 34.6 Å². The summed E-state index contributed by atoms with van der Waals surface area (Å²) in [5.41, 5.74) is 0. The maximum atomic E-state index is 13.5. The van der Waals surface area contributed by atoms with Crippen LogP contribution >= 0.6 is 0 Å². The van der Waals surface area contributed by atoms with Crippen molar-refractivity contribution in [3.8, 4) is 0 Å². The Morgan fingerprint density at radius 1 is 0.333 bits per heavy atom. The van der Waals surface area contributed by atoms with Gasteiger partial charge in [0.2, 0.25) is 29.5 Å². The first-order valence-electron chi connectivity index (χ1n) is 42.1. The summed E-state index contributed by atoms with van der Waals surface area (Å²) in [6, 6.07) is -5.01. The molecule has 57 nitrogen and oxygen atoms in total. The summed E-state index contributed by atoms with van der Waals surface area (Å²) in [6.07, 6.45) is -95.8. The number of amides is 5. The Labute approximate surface area is 749 Å². The smallest absolute Gasteiger partial charge is 0.217 e. The van der Waals surface area contributed by atoms with Crippen LogP contribution in [0, 0.1) is 0 Å². The van der Waals surface area contributed by atoms with E-state index in [2.05, 4.69) is 36.9 Å². The number of hydrogen-bond donors (Lipinski definition) is 33. The van der Waals surface area contributed by atoms with Gasteiger partial charge in [0.15, 0.2) is 56.6 Å². The van der Waals surface area contributed by atoms with Crippen molar-refractivity contribution in [2.75, 3.05) is 77.9 Å². The number of aromatic nitrogens is 1. The van der Waals surface area contributed by atoms with Gasteiger partial charge in [-0.3, -0.25) is 24.0 Å². The third-order valence-electron chi connectivity index (χ3n) is 23.5. The molecule has 9 aliphatic rings. The molecule has 1 aromatic rings. The predicted octanol–water partition coefficient (Wildman–Crippen LogP) is -20.9.